The van der Waals surface area contributed by atoms with Gasteiger partial charge in [0.05, 0.1) is 19.2 Å². The minimum Gasteiger partial charge on any atom is -0.453 e. The van der Waals surface area contributed by atoms with Gasteiger partial charge >= 0.3 is 6.09 Å². The third-order valence-electron chi connectivity index (χ3n) is 4.18. The Morgan fingerprint density at radius 2 is 2.26 bits per heavy atom. The number of carbonyl (C=O) groups excluding carboxylic acids is 1. The van der Waals surface area contributed by atoms with E-state index in [-0.39, 0.29) is 5.54 Å². The summed E-state index contributed by atoms with van der Waals surface area (Å²) in [6.07, 6.45) is 1.61. The molecule has 1 heterocycles. The molecule has 0 fully saturated rings. The van der Waals surface area contributed by atoms with Crippen LogP contribution in [-0.4, -0.2) is 37.7 Å². The summed E-state index contributed by atoms with van der Waals surface area (Å²) >= 11 is 0. The van der Waals surface area contributed by atoms with Gasteiger partial charge in [0, 0.05) is 7.05 Å². The summed E-state index contributed by atoms with van der Waals surface area (Å²) in [5.41, 5.74) is 2.60. The van der Waals surface area contributed by atoms with Crippen molar-refractivity contribution >= 4 is 12.1 Å². The number of aliphatic imine (C=N–C) groups is 1. The first-order chi connectivity index (χ1) is 9.17. The maximum absolute atomic E-state index is 11.3. The first-order valence-electron chi connectivity index (χ1n) is 6.39. The monoisotopic (exact) mass is 259 g/mol. The zero-order chi connectivity index (χ0) is 13.5. The van der Waals surface area contributed by atoms with Crippen LogP contribution in [0.15, 0.2) is 29.3 Å². The number of alkyl carbamates (subject to hydrolysis) is 1. The molecule has 1 spiro atoms. The van der Waals surface area contributed by atoms with E-state index < -0.39 is 6.09 Å². The zero-order valence-electron chi connectivity index (χ0n) is 11.1. The van der Waals surface area contributed by atoms with Crippen LogP contribution in [0.3, 0.4) is 0 Å². The average Bonchev–Trinajstić information content (AvgIpc) is 2.96. The lowest BCUT2D eigenvalue weighted by Gasteiger charge is -2.34. The predicted molar refractivity (Wildman–Crippen MR) is 72.0 cm³/mol. The van der Waals surface area contributed by atoms with E-state index in [9.17, 15) is 4.79 Å². The molecule has 0 radical (unpaired) electrons. The Balaban J connectivity index is 1.88. The third-order valence-corrected chi connectivity index (χ3v) is 4.18. The highest BCUT2D eigenvalue weighted by atomic mass is 16.5. The largest absolute Gasteiger partial charge is 0.453 e. The van der Waals surface area contributed by atoms with Crippen molar-refractivity contribution in [2.75, 3.05) is 20.7 Å². The number of fused-ring (bicyclic) bond motifs is 2. The van der Waals surface area contributed by atoms with Crippen molar-refractivity contribution in [3.8, 4) is 0 Å². The van der Waals surface area contributed by atoms with Crippen molar-refractivity contribution in [1.29, 1.82) is 0 Å². The highest BCUT2D eigenvalue weighted by Gasteiger charge is 2.46. The fraction of sp³-hybridized carbons (Fsp3) is 0.429. The second kappa shape index (κ2) is 4.26. The molecule has 1 aromatic rings. The van der Waals surface area contributed by atoms with E-state index in [1.54, 1.807) is 0 Å². The van der Waals surface area contributed by atoms with Gasteiger partial charge in [-0.05, 0) is 24.0 Å². The summed E-state index contributed by atoms with van der Waals surface area (Å²) in [7, 11) is 3.33. The quantitative estimate of drug-likeness (QED) is 0.768. The Morgan fingerprint density at radius 3 is 3.05 bits per heavy atom. The van der Waals surface area contributed by atoms with E-state index in [1.165, 1.54) is 18.2 Å². The summed E-state index contributed by atoms with van der Waals surface area (Å²) in [4.78, 5) is 17.9. The molecule has 2 aliphatic rings. The first kappa shape index (κ1) is 12.0. The van der Waals surface area contributed by atoms with Gasteiger partial charge < -0.3 is 9.64 Å². The van der Waals surface area contributed by atoms with Gasteiger partial charge in [0.15, 0.2) is 0 Å². The molecule has 0 bridgehead atoms. The van der Waals surface area contributed by atoms with Crippen LogP contribution in [0, 0.1) is 0 Å². The zero-order valence-corrected chi connectivity index (χ0v) is 11.1. The van der Waals surface area contributed by atoms with Crippen molar-refractivity contribution in [2.24, 2.45) is 4.99 Å². The van der Waals surface area contributed by atoms with Crippen LogP contribution in [0.1, 0.15) is 17.5 Å². The second-order valence-corrected chi connectivity index (χ2v) is 5.00. The van der Waals surface area contributed by atoms with Crippen LogP contribution in [0.2, 0.25) is 0 Å². The van der Waals surface area contributed by atoms with Gasteiger partial charge in [0.1, 0.15) is 0 Å². The Bertz CT molecular complexity index is 555. The van der Waals surface area contributed by atoms with Crippen molar-refractivity contribution in [3.05, 3.63) is 35.4 Å². The molecule has 0 saturated carbocycles. The van der Waals surface area contributed by atoms with Gasteiger partial charge in [-0.1, -0.05) is 24.3 Å². The molecule has 1 unspecified atom stereocenters. The standard InChI is InChI=1S/C14H17N3O2/c1-17-12(16-13(18)19-2)15-9-14(17)8-7-10-5-3-4-6-11(10)14/h3-6H,7-9H2,1-2H3,(H,15,16,18). The Labute approximate surface area is 112 Å². The molecule has 19 heavy (non-hydrogen) atoms. The Morgan fingerprint density at radius 1 is 1.47 bits per heavy atom. The summed E-state index contributed by atoms with van der Waals surface area (Å²) < 4.78 is 4.62. The molecule has 3 rings (SSSR count). The molecule has 5 heteroatoms. The van der Waals surface area contributed by atoms with Crippen LogP contribution in [0.4, 0.5) is 4.79 Å². The summed E-state index contributed by atoms with van der Waals surface area (Å²) in [5, 5.41) is 2.68. The maximum Gasteiger partial charge on any atom is 0.413 e. The van der Waals surface area contributed by atoms with E-state index in [0.29, 0.717) is 12.5 Å². The molecule has 1 atom stereocenters. The molecule has 1 aliphatic carbocycles. The lowest BCUT2D eigenvalue weighted by Crippen LogP contribution is -2.48. The smallest absolute Gasteiger partial charge is 0.413 e. The number of amides is 1. The fourth-order valence-electron chi connectivity index (χ4n) is 3.07. The third kappa shape index (κ3) is 1.69. The molecule has 0 aromatic heterocycles. The molecular weight excluding hydrogens is 242 g/mol. The number of carbonyl (C=O) groups is 1. The van der Waals surface area contributed by atoms with Gasteiger partial charge in [-0.15, -0.1) is 0 Å². The van der Waals surface area contributed by atoms with Crippen LogP contribution in [0.5, 0.6) is 0 Å². The minimum absolute atomic E-state index is 0.104. The number of guanidine groups is 1. The number of aryl methyl sites for hydroxylation is 1. The van der Waals surface area contributed by atoms with Gasteiger partial charge in [-0.3, -0.25) is 5.32 Å². The fourth-order valence-corrected chi connectivity index (χ4v) is 3.07. The molecule has 1 N–H and O–H groups in total. The summed E-state index contributed by atoms with van der Waals surface area (Å²) in [5.74, 6) is 0.587. The van der Waals surface area contributed by atoms with Gasteiger partial charge in [0.25, 0.3) is 0 Å². The number of ether oxygens (including phenoxy) is 1. The van der Waals surface area contributed by atoms with E-state index in [0.717, 1.165) is 12.8 Å². The average molecular weight is 259 g/mol. The number of hydrogen-bond donors (Lipinski definition) is 1. The number of nitrogens with one attached hydrogen (secondary N) is 1. The number of nitrogens with zero attached hydrogens (tertiary/aromatic N) is 2. The molecule has 5 nitrogen and oxygen atoms in total. The first-order valence-corrected chi connectivity index (χ1v) is 6.39. The summed E-state index contributed by atoms with van der Waals surface area (Å²) in [6.45, 7) is 0.680. The minimum atomic E-state index is -0.478. The Kier molecular flexibility index (Phi) is 2.69. The van der Waals surface area contributed by atoms with Crippen LogP contribution >= 0.6 is 0 Å². The normalized spacial score (nSPS) is 24.3. The number of rotatable bonds is 0. The van der Waals surface area contributed by atoms with Gasteiger partial charge in [-0.2, -0.15) is 0 Å². The Hall–Kier alpha value is -2.04. The van der Waals surface area contributed by atoms with Crippen molar-refractivity contribution in [2.45, 2.75) is 18.4 Å². The second-order valence-electron chi connectivity index (χ2n) is 5.00. The van der Waals surface area contributed by atoms with E-state index in [1.807, 2.05) is 7.05 Å². The van der Waals surface area contributed by atoms with Gasteiger partial charge in [0.2, 0.25) is 5.96 Å². The van der Waals surface area contributed by atoms with E-state index in [2.05, 4.69) is 44.2 Å². The number of hydrogen-bond acceptors (Lipinski definition) is 4. The van der Waals surface area contributed by atoms with Crippen molar-refractivity contribution in [1.82, 2.24) is 10.2 Å². The number of methoxy groups -OCH3 is 1. The number of benzene rings is 1. The topological polar surface area (TPSA) is 53.9 Å². The van der Waals surface area contributed by atoms with E-state index >= 15 is 0 Å². The highest BCUT2D eigenvalue weighted by Crippen LogP contribution is 2.43. The lowest BCUT2D eigenvalue weighted by molar-refractivity contribution is 0.173. The van der Waals surface area contributed by atoms with E-state index in [4.69, 9.17) is 0 Å². The molecule has 100 valence electrons. The SMILES string of the molecule is COC(=O)NC1=NCC2(CCc3ccccc32)N1C. The van der Waals surface area contributed by atoms with Crippen molar-refractivity contribution < 1.29 is 9.53 Å². The van der Waals surface area contributed by atoms with Crippen LogP contribution < -0.4 is 5.32 Å². The predicted octanol–water partition coefficient (Wildman–Crippen LogP) is 1.49. The molecule has 1 aliphatic heterocycles. The molecule has 1 aromatic carbocycles. The van der Waals surface area contributed by atoms with Gasteiger partial charge in [-0.25, -0.2) is 9.79 Å². The number of likely N-dealkylation sites (N-methyl/N-ethyl adjacent to an activating group) is 1. The maximum atomic E-state index is 11.3. The summed E-state index contributed by atoms with van der Waals surface area (Å²) in [6, 6.07) is 8.46. The van der Waals surface area contributed by atoms with Crippen LogP contribution in [-0.2, 0) is 16.7 Å². The molecular formula is C14H17N3O2. The highest BCUT2D eigenvalue weighted by molar-refractivity contribution is 5.95. The molecule has 0 saturated heterocycles. The molecule has 1 amide bonds. The lowest BCUT2D eigenvalue weighted by atomic mass is 9.91. The van der Waals surface area contributed by atoms with Crippen LogP contribution in [0.25, 0.3) is 0 Å². The van der Waals surface area contributed by atoms with Crippen molar-refractivity contribution in [3.63, 3.8) is 0 Å².